The summed E-state index contributed by atoms with van der Waals surface area (Å²) >= 11 is 0. The quantitative estimate of drug-likeness (QED) is 0.586. The van der Waals surface area contributed by atoms with Crippen LogP contribution < -0.4 is 10.6 Å². The molecule has 1 heterocycles. The summed E-state index contributed by atoms with van der Waals surface area (Å²) in [5, 5.41) is 7.57. The number of anilines is 2. The number of benzene rings is 2. The van der Waals surface area contributed by atoms with Gasteiger partial charge in [0, 0.05) is 17.1 Å². The van der Waals surface area contributed by atoms with E-state index >= 15 is 0 Å². The number of fused-ring (bicyclic) bond motifs is 1. The standard InChI is InChI=1S/C25H29N3O/c1-16-12-17(2)14-19(13-16)26-24-15-21(20-9-5-7-11-23(20)27-24)25(29)28-22-10-6-4-8-18(22)3/h5,7,9,11-15,18,22H,4,6,8,10H2,1-3H3,(H,26,27)(H,28,29). The van der Waals surface area contributed by atoms with E-state index in [1.54, 1.807) is 0 Å². The minimum atomic E-state index is -0.00850. The maximum atomic E-state index is 13.2. The molecule has 2 N–H and O–H groups in total. The van der Waals surface area contributed by atoms with Gasteiger partial charge in [0.1, 0.15) is 5.82 Å². The Hall–Kier alpha value is -2.88. The van der Waals surface area contributed by atoms with Crippen molar-refractivity contribution in [2.45, 2.75) is 52.5 Å². The van der Waals surface area contributed by atoms with Crippen LogP contribution >= 0.6 is 0 Å². The highest BCUT2D eigenvalue weighted by molar-refractivity contribution is 6.07. The summed E-state index contributed by atoms with van der Waals surface area (Å²) in [4.78, 5) is 18.0. The van der Waals surface area contributed by atoms with E-state index in [9.17, 15) is 4.79 Å². The van der Waals surface area contributed by atoms with Crippen LogP contribution in [0.2, 0.25) is 0 Å². The molecule has 0 bridgehead atoms. The summed E-state index contributed by atoms with van der Waals surface area (Å²) in [6.45, 7) is 6.40. The molecule has 4 nitrogen and oxygen atoms in total. The number of carbonyl (C=O) groups excluding carboxylic acids is 1. The second-order valence-corrected chi connectivity index (χ2v) is 8.42. The van der Waals surface area contributed by atoms with Crippen LogP contribution in [0, 0.1) is 19.8 Å². The highest BCUT2D eigenvalue weighted by Crippen LogP contribution is 2.27. The van der Waals surface area contributed by atoms with Gasteiger partial charge in [0.15, 0.2) is 0 Å². The summed E-state index contributed by atoms with van der Waals surface area (Å²) in [5.41, 5.74) is 4.87. The molecule has 2 aromatic carbocycles. The molecule has 1 aromatic heterocycles. The number of para-hydroxylation sites is 1. The molecule has 29 heavy (non-hydrogen) atoms. The third kappa shape index (κ3) is 4.42. The van der Waals surface area contributed by atoms with Gasteiger partial charge in [0.2, 0.25) is 0 Å². The molecule has 1 aliphatic rings. The summed E-state index contributed by atoms with van der Waals surface area (Å²) < 4.78 is 0. The van der Waals surface area contributed by atoms with E-state index in [0.717, 1.165) is 23.0 Å². The molecule has 150 valence electrons. The minimum absolute atomic E-state index is 0.00850. The average Bonchev–Trinajstić information content (AvgIpc) is 2.68. The van der Waals surface area contributed by atoms with E-state index in [1.165, 1.54) is 30.4 Å². The second-order valence-electron chi connectivity index (χ2n) is 8.42. The fraction of sp³-hybridized carbons (Fsp3) is 0.360. The van der Waals surface area contributed by atoms with Gasteiger partial charge in [0.05, 0.1) is 11.1 Å². The molecule has 0 aliphatic heterocycles. The Balaban J connectivity index is 1.67. The predicted molar refractivity (Wildman–Crippen MR) is 120 cm³/mol. The topological polar surface area (TPSA) is 54.0 Å². The molecular weight excluding hydrogens is 358 g/mol. The van der Waals surface area contributed by atoms with Gasteiger partial charge in [-0.3, -0.25) is 4.79 Å². The van der Waals surface area contributed by atoms with Crippen molar-refractivity contribution in [2.75, 3.05) is 5.32 Å². The Morgan fingerprint density at radius 1 is 1.00 bits per heavy atom. The van der Waals surface area contributed by atoms with Crippen LogP contribution in [0.25, 0.3) is 10.9 Å². The molecule has 4 rings (SSSR count). The number of pyridine rings is 1. The fourth-order valence-electron chi connectivity index (χ4n) is 4.40. The van der Waals surface area contributed by atoms with E-state index in [0.29, 0.717) is 17.3 Å². The smallest absolute Gasteiger partial charge is 0.252 e. The van der Waals surface area contributed by atoms with Crippen LogP contribution in [0.4, 0.5) is 11.5 Å². The van der Waals surface area contributed by atoms with Gasteiger partial charge < -0.3 is 10.6 Å². The maximum Gasteiger partial charge on any atom is 0.252 e. The zero-order valence-electron chi connectivity index (χ0n) is 17.5. The number of nitrogens with one attached hydrogen (secondary N) is 2. The lowest BCUT2D eigenvalue weighted by atomic mass is 9.86. The van der Waals surface area contributed by atoms with Crippen molar-refractivity contribution >= 4 is 28.3 Å². The molecular formula is C25H29N3O. The molecule has 0 radical (unpaired) electrons. The van der Waals surface area contributed by atoms with Gasteiger partial charge in [0.25, 0.3) is 5.91 Å². The van der Waals surface area contributed by atoms with Crippen LogP contribution in [-0.4, -0.2) is 16.9 Å². The summed E-state index contributed by atoms with van der Waals surface area (Å²) in [6, 6.07) is 16.3. The lowest BCUT2D eigenvalue weighted by Gasteiger charge is -2.29. The van der Waals surface area contributed by atoms with Crippen LogP contribution in [0.5, 0.6) is 0 Å². The van der Waals surface area contributed by atoms with Crippen molar-refractivity contribution in [1.82, 2.24) is 10.3 Å². The number of aromatic nitrogens is 1. The summed E-state index contributed by atoms with van der Waals surface area (Å²) in [5.74, 6) is 1.20. The van der Waals surface area contributed by atoms with Gasteiger partial charge in [-0.15, -0.1) is 0 Å². The van der Waals surface area contributed by atoms with Crippen molar-refractivity contribution in [3.63, 3.8) is 0 Å². The van der Waals surface area contributed by atoms with Crippen molar-refractivity contribution in [3.05, 3.63) is 65.2 Å². The molecule has 2 atom stereocenters. The van der Waals surface area contributed by atoms with E-state index in [-0.39, 0.29) is 11.9 Å². The largest absolute Gasteiger partial charge is 0.349 e. The SMILES string of the molecule is Cc1cc(C)cc(Nc2cc(C(=O)NC3CCCCC3C)c3ccccc3n2)c1. The lowest BCUT2D eigenvalue weighted by molar-refractivity contribution is 0.0912. The van der Waals surface area contributed by atoms with Crippen LogP contribution in [0.1, 0.15) is 54.1 Å². The van der Waals surface area contributed by atoms with Gasteiger partial charge >= 0.3 is 0 Å². The fourth-order valence-corrected chi connectivity index (χ4v) is 4.40. The van der Waals surface area contributed by atoms with E-state index in [1.807, 2.05) is 30.3 Å². The zero-order chi connectivity index (χ0) is 20.4. The number of carbonyl (C=O) groups is 1. The molecule has 1 amide bonds. The lowest BCUT2D eigenvalue weighted by Crippen LogP contribution is -2.41. The van der Waals surface area contributed by atoms with E-state index in [2.05, 4.69) is 49.6 Å². The first-order chi connectivity index (χ1) is 14.0. The molecule has 0 saturated heterocycles. The highest BCUT2D eigenvalue weighted by Gasteiger charge is 2.24. The van der Waals surface area contributed by atoms with Crippen LogP contribution in [0.3, 0.4) is 0 Å². The van der Waals surface area contributed by atoms with Crippen molar-refractivity contribution in [3.8, 4) is 0 Å². The first-order valence-electron chi connectivity index (χ1n) is 10.6. The zero-order valence-corrected chi connectivity index (χ0v) is 17.5. The number of amides is 1. The molecule has 1 saturated carbocycles. The average molecular weight is 388 g/mol. The third-order valence-electron chi connectivity index (χ3n) is 5.88. The van der Waals surface area contributed by atoms with Crippen LogP contribution in [0.15, 0.2) is 48.5 Å². The highest BCUT2D eigenvalue weighted by atomic mass is 16.1. The van der Waals surface area contributed by atoms with Gasteiger partial charge in [-0.1, -0.05) is 44.0 Å². The number of hydrogen-bond donors (Lipinski definition) is 2. The molecule has 0 spiro atoms. The Kier molecular flexibility index (Phi) is 5.52. The Morgan fingerprint density at radius 2 is 1.72 bits per heavy atom. The van der Waals surface area contributed by atoms with E-state index < -0.39 is 0 Å². The number of nitrogens with zero attached hydrogens (tertiary/aromatic N) is 1. The van der Waals surface area contributed by atoms with E-state index in [4.69, 9.17) is 4.98 Å². The number of hydrogen-bond acceptors (Lipinski definition) is 3. The first-order valence-corrected chi connectivity index (χ1v) is 10.6. The third-order valence-corrected chi connectivity index (χ3v) is 5.88. The normalized spacial score (nSPS) is 19.1. The van der Waals surface area contributed by atoms with Crippen molar-refractivity contribution in [1.29, 1.82) is 0 Å². The summed E-state index contributed by atoms with van der Waals surface area (Å²) in [6.07, 6.45) is 4.69. The Labute approximate surface area is 172 Å². The molecule has 2 unspecified atom stereocenters. The van der Waals surface area contributed by atoms with Crippen molar-refractivity contribution in [2.24, 2.45) is 5.92 Å². The molecule has 1 fully saturated rings. The summed E-state index contributed by atoms with van der Waals surface area (Å²) in [7, 11) is 0. The van der Waals surface area contributed by atoms with Gasteiger partial charge in [-0.2, -0.15) is 0 Å². The Morgan fingerprint density at radius 3 is 2.48 bits per heavy atom. The maximum absolute atomic E-state index is 13.2. The van der Waals surface area contributed by atoms with Crippen LogP contribution in [-0.2, 0) is 0 Å². The van der Waals surface area contributed by atoms with Gasteiger partial charge in [-0.05, 0) is 68.0 Å². The first kappa shape index (κ1) is 19.4. The monoisotopic (exact) mass is 387 g/mol. The molecule has 3 aromatic rings. The Bertz CT molecular complexity index is 1020. The van der Waals surface area contributed by atoms with Crippen molar-refractivity contribution < 1.29 is 4.79 Å². The number of rotatable bonds is 4. The second kappa shape index (κ2) is 8.24. The van der Waals surface area contributed by atoms with Gasteiger partial charge in [-0.25, -0.2) is 4.98 Å². The molecule has 4 heteroatoms. The predicted octanol–water partition coefficient (Wildman–Crippen LogP) is 5.90. The minimum Gasteiger partial charge on any atom is -0.349 e. The molecule has 1 aliphatic carbocycles. The number of aryl methyl sites for hydroxylation is 2.